The minimum atomic E-state index is -0.674. The number of rotatable bonds is 11. The summed E-state index contributed by atoms with van der Waals surface area (Å²) < 4.78 is 16.1. The van der Waals surface area contributed by atoms with Crippen molar-refractivity contribution in [2.24, 2.45) is 18.9 Å². The van der Waals surface area contributed by atoms with Gasteiger partial charge >= 0.3 is 5.97 Å². The molecule has 242 valence electrons. The van der Waals surface area contributed by atoms with E-state index in [0.29, 0.717) is 11.9 Å². The molecule has 1 aromatic carbocycles. The van der Waals surface area contributed by atoms with Crippen molar-refractivity contribution in [3.63, 3.8) is 0 Å². The lowest BCUT2D eigenvalue weighted by Crippen LogP contribution is -2.36. The lowest BCUT2D eigenvalue weighted by molar-refractivity contribution is -0.143. The van der Waals surface area contributed by atoms with Crippen LogP contribution in [0, 0.1) is 17.7 Å². The Morgan fingerprint density at radius 3 is 2.58 bits per heavy atom. The molecule has 1 aliphatic heterocycles. The lowest BCUT2D eigenvalue weighted by Gasteiger charge is -2.34. The Hall–Kier alpha value is -3.53. The highest BCUT2D eigenvalue weighted by Gasteiger charge is 2.32. The van der Waals surface area contributed by atoms with E-state index in [0.717, 1.165) is 99.2 Å². The first-order chi connectivity index (χ1) is 21.9. The summed E-state index contributed by atoms with van der Waals surface area (Å²) in [4.78, 5) is 24.3. The molecule has 9 nitrogen and oxygen atoms in total. The van der Waals surface area contributed by atoms with Crippen LogP contribution in [0.3, 0.4) is 0 Å². The minimum Gasteiger partial charge on any atom is -0.481 e. The fraction of sp³-hybridized carbons (Fsp3) is 0.600. The van der Waals surface area contributed by atoms with Crippen molar-refractivity contribution in [2.75, 3.05) is 30.3 Å². The van der Waals surface area contributed by atoms with Crippen molar-refractivity contribution in [2.45, 2.75) is 95.6 Å². The topological polar surface area (TPSA) is 108 Å². The second-order valence-electron chi connectivity index (χ2n) is 13.4. The maximum absolute atomic E-state index is 14.2. The predicted octanol–water partition coefficient (Wildman–Crippen LogP) is 6.34. The van der Waals surface area contributed by atoms with Gasteiger partial charge in [0.2, 0.25) is 5.95 Å². The fourth-order valence-corrected chi connectivity index (χ4v) is 7.75. The lowest BCUT2D eigenvalue weighted by atomic mass is 9.78. The Morgan fingerprint density at radius 2 is 1.89 bits per heavy atom. The second-order valence-corrected chi connectivity index (χ2v) is 13.4. The molecule has 0 bridgehead atoms. The van der Waals surface area contributed by atoms with Crippen molar-refractivity contribution in [3.8, 4) is 0 Å². The summed E-state index contributed by atoms with van der Waals surface area (Å²) in [5.74, 6) is 0.963. The molecule has 10 heteroatoms. The number of benzene rings is 1. The van der Waals surface area contributed by atoms with Gasteiger partial charge in [0.25, 0.3) is 0 Å². The average molecular weight is 618 g/mol. The van der Waals surface area contributed by atoms with Gasteiger partial charge in [-0.1, -0.05) is 25.5 Å². The number of fused-ring (bicyclic) bond motifs is 1. The standard InChI is InChI=1S/C35H48FN7O2/c1-3-30(23-10-12-24(13-11-23)34(44)45)39-35-40-31-15-14-26(25-8-7-9-28(36)18-25)19-29(31)33(41-35)38-32(27-20-37-42(2)21-27)22-43-16-5-4-6-17-43/h7-9,18,20-21,23-24,26,30,32H,3-6,10-17,19,22H2,1-2H3,(H,44,45)(H2,38,39,40,41)/t23?,24?,26?,30-,32+/m1/s1. The molecule has 45 heavy (non-hydrogen) atoms. The van der Waals surface area contributed by atoms with E-state index in [9.17, 15) is 14.3 Å². The van der Waals surface area contributed by atoms with Crippen LogP contribution in [0.4, 0.5) is 16.2 Å². The molecular weight excluding hydrogens is 569 g/mol. The highest BCUT2D eigenvalue weighted by Crippen LogP contribution is 2.38. The molecule has 0 radical (unpaired) electrons. The molecule has 1 saturated heterocycles. The zero-order chi connectivity index (χ0) is 31.3. The largest absolute Gasteiger partial charge is 0.481 e. The third kappa shape index (κ3) is 7.65. The maximum atomic E-state index is 14.2. The van der Waals surface area contributed by atoms with E-state index in [1.807, 2.05) is 24.0 Å². The maximum Gasteiger partial charge on any atom is 0.306 e. The van der Waals surface area contributed by atoms with Crippen LogP contribution in [-0.4, -0.2) is 61.4 Å². The van der Waals surface area contributed by atoms with Crippen molar-refractivity contribution < 1.29 is 14.3 Å². The summed E-state index contributed by atoms with van der Waals surface area (Å²) in [5.41, 5.74) is 4.32. The first kappa shape index (κ1) is 31.5. The molecule has 3 aliphatic rings. The number of nitrogens with one attached hydrogen (secondary N) is 2. The van der Waals surface area contributed by atoms with E-state index < -0.39 is 5.97 Å². The Kier molecular flexibility index (Phi) is 9.97. The molecule has 0 spiro atoms. The molecular formula is C35H48FN7O2. The van der Waals surface area contributed by atoms with Crippen LogP contribution in [0.1, 0.15) is 99.1 Å². The minimum absolute atomic E-state index is 0.00599. The molecule has 2 aromatic heterocycles. The molecule has 0 amide bonds. The van der Waals surface area contributed by atoms with E-state index >= 15 is 0 Å². The Morgan fingerprint density at radius 1 is 1.09 bits per heavy atom. The zero-order valence-corrected chi connectivity index (χ0v) is 26.7. The molecule has 1 unspecified atom stereocenters. The molecule has 3 atom stereocenters. The normalized spacial score (nSPS) is 23.6. The quantitative estimate of drug-likeness (QED) is 0.229. The van der Waals surface area contributed by atoms with E-state index in [1.165, 1.54) is 25.3 Å². The number of carboxylic acid groups (broad SMARTS) is 1. The highest BCUT2D eigenvalue weighted by atomic mass is 19.1. The van der Waals surface area contributed by atoms with Crippen LogP contribution >= 0.6 is 0 Å². The van der Waals surface area contributed by atoms with Crippen LogP contribution in [0.25, 0.3) is 0 Å². The van der Waals surface area contributed by atoms with Crippen molar-refractivity contribution in [1.82, 2.24) is 24.6 Å². The summed E-state index contributed by atoms with van der Waals surface area (Å²) >= 11 is 0. The first-order valence-corrected chi connectivity index (χ1v) is 17.0. The van der Waals surface area contributed by atoms with Gasteiger partial charge in [0.15, 0.2) is 0 Å². The summed E-state index contributed by atoms with van der Waals surface area (Å²) in [6.07, 6.45) is 14.4. The number of carbonyl (C=O) groups is 1. The van der Waals surface area contributed by atoms with E-state index in [2.05, 4.69) is 33.8 Å². The summed E-state index contributed by atoms with van der Waals surface area (Å²) in [6.45, 7) is 5.23. The Labute approximate surface area is 266 Å². The first-order valence-electron chi connectivity index (χ1n) is 17.0. The van der Waals surface area contributed by atoms with Crippen molar-refractivity contribution in [3.05, 3.63) is 64.9 Å². The van der Waals surface area contributed by atoms with E-state index in [1.54, 1.807) is 12.1 Å². The van der Waals surface area contributed by atoms with Gasteiger partial charge in [-0.25, -0.2) is 9.37 Å². The number of hydrogen-bond acceptors (Lipinski definition) is 7. The van der Waals surface area contributed by atoms with Crippen LogP contribution < -0.4 is 10.6 Å². The fourth-order valence-electron chi connectivity index (χ4n) is 7.75. The number of anilines is 2. The molecule has 3 N–H and O–H groups in total. The molecule has 2 fully saturated rings. The monoisotopic (exact) mass is 617 g/mol. The second kappa shape index (κ2) is 14.3. The number of aryl methyl sites for hydroxylation is 2. The summed E-state index contributed by atoms with van der Waals surface area (Å²) in [6, 6.07) is 7.19. The SMILES string of the molecule is CC[C@@H](Nc1nc2c(c(N[C@@H](CN3CCCCC3)c3cnn(C)c3)n1)CC(c1cccc(F)c1)CC2)C1CCC(C(=O)O)CC1. The van der Waals surface area contributed by atoms with Crippen LogP contribution in [0.15, 0.2) is 36.7 Å². The van der Waals surface area contributed by atoms with Crippen molar-refractivity contribution >= 4 is 17.7 Å². The van der Waals surface area contributed by atoms with Gasteiger partial charge in [-0.2, -0.15) is 10.1 Å². The molecule has 1 saturated carbocycles. The van der Waals surface area contributed by atoms with E-state index in [-0.39, 0.29) is 29.7 Å². The number of hydrogen-bond donors (Lipinski definition) is 3. The van der Waals surface area contributed by atoms with Crippen LogP contribution in [0.2, 0.25) is 0 Å². The van der Waals surface area contributed by atoms with Gasteiger partial charge in [0, 0.05) is 37.0 Å². The van der Waals surface area contributed by atoms with Gasteiger partial charge in [-0.15, -0.1) is 0 Å². The smallest absolute Gasteiger partial charge is 0.306 e. The van der Waals surface area contributed by atoms with E-state index in [4.69, 9.17) is 9.97 Å². The van der Waals surface area contributed by atoms with Gasteiger partial charge < -0.3 is 20.6 Å². The predicted molar refractivity (Wildman–Crippen MR) is 174 cm³/mol. The van der Waals surface area contributed by atoms with Crippen molar-refractivity contribution in [1.29, 1.82) is 0 Å². The number of aliphatic carboxylic acids is 1. The number of piperidine rings is 1. The molecule has 3 aromatic rings. The summed E-state index contributed by atoms with van der Waals surface area (Å²) in [7, 11) is 1.95. The number of halogens is 1. The van der Waals surface area contributed by atoms with Gasteiger partial charge in [0.1, 0.15) is 11.6 Å². The van der Waals surface area contributed by atoms with Crippen LogP contribution in [-0.2, 0) is 24.7 Å². The highest BCUT2D eigenvalue weighted by molar-refractivity contribution is 5.70. The Bertz CT molecular complexity index is 1450. The van der Waals surface area contributed by atoms with Crippen LogP contribution in [0.5, 0.6) is 0 Å². The number of nitrogens with zero attached hydrogens (tertiary/aromatic N) is 5. The summed E-state index contributed by atoms with van der Waals surface area (Å²) in [5, 5.41) is 21.6. The molecule has 3 heterocycles. The van der Waals surface area contributed by atoms with Gasteiger partial charge in [-0.3, -0.25) is 9.48 Å². The third-order valence-corrected chi connectivity index (χ3v) is 10.4. The number of likely N-dealkylation sites (tertiary alicyclic amines) is 1. The number of carboxylic acids is 1. The third-order valence-electron chi connectivity index (χ3n) is 10.4. The average Bonchev–Trinajstić information content (AvgIpc) is 3.49. The zero-order valence-electron chi connectivity index (χ0n) is 26.7. The van der Waals surface area contributed by atoms with Gasteiger partial charge in [-0.05, 0) is 107 Å². The Balaban J connectivity index is 1.30. The number of aromatic nitrogens is 4. The molecule has 6 rings (SSSR count). The molecule has 2 aliphatic carbocycles. The van der Waals surface area contributed by atoms with Gasteiger partial charge in [0.05, 0.1) is 23.9 Å².